The van der Waals surface area contributed by atoms with Crippen LogP contribution in [-0.2, 0) is 23.9 Å². The van der Waals surface area contributed by atoms with E-state index in [2.05, 4.69) is 26.9 Å². The van der Waals surface area contributed by atoms with Crippen molar-refractivity contribution < 1.29 is 23.9 Å². The van der Waals surface area contributed by atoms with Gasteiger partial charge >= 0.3 is 139 Å². The summed E-state index contributed by atoms with van der Waals surface area (Å²) in [6, 6.07) is 9.01. The van der Waals surface area contributed by atoms with Gasteiger partial charge in [-0.3, -0.25) is 0 Å². The van der Waals surface area contributed by atoms with Crippen molar-refractivity contribution >= 4 is 42.4 Å². The summed E-state index contributed by atoms with van der Waals surface area (Å²) in [6.45, 7) is 0. The van der Waals surface area contributed by atoms with Crippen LogP contribution in [0, 0.1) is 0 Å². The number of hydrogen-bond donors (Lipinski definition) is 1. The predicted molar refractivity (Wildman–Crippen MR) is 81.8 cm³/mol. The monoisotopic (exact) mass is 423 g/mol. The number of carbonyl (C=O) groups excluding carboxylic acids is 3. The first kappa shape index (κ1) is 18.5. The van der Waals surface area contributed by atoms with E-state index in [4.69, 9.17) is 0 Å². The van der Waals surface area contributed by atoms with Crippen molar-refractivity contribution in [2.45, 2.75) is 23.4 Å². The van der Waals surface area contributed by atoms with Gasteiger partial charge in [0.1, 0.15) is 0 Å². The van der Waals surface area contributed by atoms with Crippen LogP contribution in [0.3, 0.4) is 0 Å². The van der Waals surface area contributed by atoms with E-state index in [9.17, 15) is 14.4 Å². The van der Waals surface area contributed by atoms with Crippen LogP contribution >= 0.6 is 0 Å². The zero-order chi connectivity index (χ0) is 16.4. The molecule has 0 radical (unpaired) electrons. The Kier molecular flexibility index (Phi) is 8.56. The van der Waals surface area contributed by atoms with Gasteiger partial charge in [0.15, 0.2) is 0 Å². The van der Waals surface area contributed by atoms with E-state index in [0.717, 1.165) is 4.47 Å². The number of rotatable bonds is 8. The molecule has 0 aliphatic carbocycles. The summed E-state index contributed by atoms with van der Waals surface area (Å²) in [6.07, 6.45) is 0.0934. The third-order valence-electron chi connectivity index (χ3n) is 2.76. The third-order valence-corrected chi connectivity index (χ3v) is 5.65. The molecule has 0 heterocycles. The van der Waals surface area contributed by atoms with E-state index < -0.39 is 38.9 Å². The van der Waals surface area contributed by atoms with Crippen LogP contribution in [0.5, 0.6) is 0 Å². The molecule has 0 aliphatic rings. The van der Waals surface area contributed by atoms with Gasteiger partial charge < -0.3 is 0 Å². The second-order valence-corrected chi connectivity index (χ2v) is 7.67. The number of carbonyl (C=O) groups is 3. The van der Waals surface area contributed by atoms with Gasteiger partial charge in [0.05, 0.1) is 0 Å². The van der Waals surface area contributed by atoms with E-state index in [-0.39, 0.29) is 12.3 Å². The van der Waals surface area contributed by atoms with Crippen molar-refractivity contribution in [2.24, 2.45) is 0 Å². The van der Waals surface area contributed by atoms with Crippen LogP contribution in [0.15, 0.2) is 30.3 Å². The first-order valence-corrected chi connectivity index (χ1v) is 9.50. The summed E-state index contributed by atoms with van der Waals surface area (Å²) in [7, 11) is 2.43. The number of esters is 2. The average molecular weight is 421 g/mol. The molecule has 0 aliphatic heterocycles. The number of benzene rings is 1. The molecule has 6 nitrogen and oxygen atoms in total. The molecule has 0 saturated heterocycles. The van der Waals surface area contributed by atoms with Crippen molar-refractivity contribution in [3.8, 4) is 0 Å². The first-order chi connectivity index (χ1) is 10.6. The summed E-state index contributed by atoms with van der Waals surface area (Å²) in [5, 5.41) is 2.53. The molecule has 0 saturated carbocycles. The van der Waals surface area contributed by atoms with Crippen LogP contribution in [0.1, 0.15) is 12.8 Å². The Labute approximate surface area is 139 Å². The predicted octanol–water partition coefficient (Wildman–Crippen LogP) is 0.0454. The molecule has 1 amide bonds. The van der Waals surface area contributed by atoms with Gasteiger partial charge in [-0.1, -0.05) is 0 Å². The van der Waals surface area contributed by atoms with Gasteiger partial charge in [-0.25, -0.2) is 0 Å². The fourth-order valence-corrected chi connectivity index (χ4v) is 4.12. The molecule has 0 unspecified atom stereocenters. The Morgan fingerprint density at radius 3 is 2.41 bits per heavy atom. The molecule has 120 valence electrons. The van der Waals surface area contributed by atoms with E-state index in [1.807, 2.05) is 18.2 Å². The minimum absolute atomic E-state index is 0.232. The number of methoxy groups -OCH3 is 2. The zero-order valence-corrected chi connectivity index (χ0v) is 14.9. The fraction of sp³-hybridized carbons (Fsp3) is 0.400. The van der Waals surface area contributed by atoms with Crippen molar-refractivity contribution in [1.82, 2.24) is 5.32 Å². The van der Waals surface area contributed by atoms with Gasteiger partial charge in [0.2, 0.25) is 0 Å². The van der Waals surface area contributed by atoms with E-state index >= 15 is 0 Å². The van der Waals surface area contributed by atoms with Crippen LogP contribution in [0.2, 0.25) is 4.47 Å². The van der Waals surface area contributed by atoms with Crippen LogP contribution < -0.4 is 8.93 Å². The molecule has 0 aromatic heterocycles. The Balaban J connectivity index is 2.42. The molecule has 7 heteroatoms. The summed E-state index contributed by atoms with van der Waals surface area (Å²) in [5.74, 6) is -1.49. The standard InChI is InChI=1S/C15H19NO5Te/c1-20-14(18)10-12(15(19)21-2)16-13(17)8-9-22-11-6-4-3-5-7-11/h3-7,12H,8-10H2,1-2H3,(H,16,17)/t12-/m0/s1. The Hall–Kier alpha value is -1.58. The van der Waals surface area contributed by atoms with Crippen LogP contribution in [0.4, 0.5) is 0 Å². The zero-order valence-electron chi connectivity index (χ0n) is 12.5. The molecule has 22 heavy (non-hydrogen) atoms. The van der Waals surface area contributed by atoms with Gasteiger partial charge in [-0.15, -0.1) is 0 Å². The SMILES string of the molecule is COC(=O)C[C@H](NC(=O)CC[Te]c1ccccc1)C(=O)OC. The molecule has 0 spiro atoms. The molecule has 0 fully saturated rings. The second kappa shape index (κ2) is 10.2. The van der Waals surface area contributed by atoms with Gasteiger partial charge in [0, 0.05) is 0 Å². The van der Waals surface area contributed by atoms with E-state index in [1.165, 1.54) is 17.8 Å². The maximum atomic E-state index is 11.9. The van der Waals surface area contributed by atoms with E-state index in [0.29, 0.717) is 6.42 Å². The normalized spacial score (nSPS) is 11.4. The summed E-state index contributed by atoms with van der Waals surface area (Å²) >= 11 is -0.426. The molecular weight excluding hydrogens is 402 g/mol. The van der Waals surface area contributed by atoms with Crippen LogP contribution in [0.25, 0.3) is 0 Å². The summed E-state index contributed by atoms with van der Waals surface area (Å²) in [5.41, 5.74) is 0. The maximum absolute atomic E-state index is 11.9. The average Bonchev–Trinajstić information content (AvgIpc) is 2.54. The second-order valence-electron chi connectivity index (χ2n) is 4.34. The molecule has 1 N–H and O–H groups in total. The molecule has 1 atom stereocenters. The number of ether oxygens (including phenoxy) is 2. The van der Waals surface area contributed by atoms with Crippen molar-refractivity contribution in [3.05, 3.63) is 30.3 Å². The Bertz CT molecular complexity index is 506. The van der Waals surface area contributed by atoms with Crippen molar-refractivity contribution in [1.29, 1.82) is 0 Å². The Morgan fingerprint density at radius 2 is 1.82 bits per heavy atom. The number of nitrogens with one attached hydrogen (secondary N) is 1. The summed E-state index contributed by atoms with van der Waals surface area (Å²) < 4.78 is 11.1. The quantitative estimate of drug-likeness (QED) is 0.474. The molecular formula is C15H19NO5Te. The minimum atomic E-state index is -0.998. The molecule has 1 rings (SSSR count). The molecule has 1 aromatic rings. The summed E-state index contributed by atoms with van der Waals surface area (Å²) in [4.78, 5) is 34.7. The van der Waals surface area contributed by atoms with E-state index in [1.54, 1.807) is 0 Å². The van der Waals surface area contributed by atoms with Crippen molar-refractivity contribution in [2.75, 3.05) is 14.2 Å². The number of hydrogen-bond acceptors (Lipinski definition) is 5. The number of amides is 1. The molecule has 1 aromatic carbocycles. The van der Waals surface area contributed by atoms with Gasteiger partial charge in [-0.2, -0.15) is 0 Å². The fourth-order valence-electron chi connectivity index (χ4n) is 1.63. The third kappa shape index (κ3) is 6.92. The van der Waals surface area contributed by atoms with Crippen LogP contribution in [-0.4, -0.2) is 59.0 Å². The first-order valence-electron chi connectivity index (χ1n) is 6.68. The van der Waals surface area contributed by atoms with Gasteiger partial charge in [0.25, 0.3) is 0 Å². The Morgan fingerprint density at radius 1 is 1.14 bits per heavy atom. The molecule has 0 bridgehead atoms. The van der Waals surface area contributed by atoms with Gasteiger partial charge in [-0.05, 0) is 0 Å². The topological polar surface area (TPSA) is 81.7 Å². The van der Waals surface area contributed by atoms with Crippen molar-refractivity contribution in [3.63, 3.8) is 0 Å².